The first kappa shape index (κ1) is 17.0. The number of aromatic nitrogens is 2. The molecule has 0 saturated carbocycles. The Labute approximate surface area is 146 Å². The number of aryl methyl sites for hydroxylation is 1. The summed E-state index contributed by atoms with van der Waals surface area (Å²) in [5, 5.41) is 9.18. The van der Waals surface area contributed by atoms with Crippen LogP contribution in [0.4, 0.5) is 11.4 Å². The average molecular weight is 342 g/mol. The number of amides is 1. The predicted octanol–water partition coefficient (Wildman–Crippen LogP) is 1.94. The van der Waals surface area contributed by atoms with Crippen molar-refractivity contribution >= 4 is 17.3 Å². The summed E-state index contributed by atoms with van der Waals surface area (Å²) in [4.78, 5) is 26.1. The number of benzene rings is 1. The monoisotopic (exact) mass is 342 g/mol. The lowest BCUT2D eigenvalue weighted by Gasteiger charge is -2.32. The van der Waals surface area contributed by atoms with Gasteiger partial charge >= 0.3 is 0 Å². The van der Waals surface area contributed by atoms with E-state index in [9.17, 15) is 9.59 Å². The predicted molar refractivity (Wildman–Crippen MR) is 96.2 cm³/mol. The summed E-state index contributed by atoms with van der Waals surface area (Å²) in [6.07, 6.45) is 3.10. The molecule has 3 rings (SSSR count). The van der Waals surface area contributed by atoms with Gasteiger partial charge in [0.1, 0.15) is 5.75 Å². The molecule has 2 N–H and O–H groups in total. The van der Waals surface area contributed by atoms with Crippen LogP contribution in [0.1, 0.15) is 18.4 Å². The number of nitrogens with one attached hydrogen (secondary N) is 2. The number of methoxy groups -OCH3 is 1. The molecule has 1 aromatic carbocycles. The van der Waals surface area contributed by atoms with Gasteiger partial charge in [-0.3, -0.25) is 9.59 Å². The van der Waals surface area contributed by atoms with E-state index >= 15 is 0 Å². The van der Waals surface area contributed by atoms with E-state index in [1.807, 2.05) is 25.1 Å². The number of ether oxygens (including phenoxy) is 1. The van der Waals surface area contributed by atoms with Crippen LogP contribution in [-0.4, -0.2) is 36.3 Å². The molecule has 1 aliphatic rings. The van der Waals surface area contributed by atoms with Crippen molar-refractivity contribution in [3.8, 4) is 5.75 Å². The van der Waals surface area contributed by atoms with Crippen LogP contribution in [0.25, 0.3) is 0 Å². The number of anilines is 2. The first-order valence-electron chi connectivity index (χ1n) is 8.32. The number of rotatable bonds is 4. The molecule has 1 aromatic heterocycles. The van der Waals surface area contributed by atoms with Gasteiger partial charge in [-0.05, 0) is 37.5 Å². The van der Waals surface area contributed by atoms with E-state index in [1.165, 1.54) is 6.07 Å². The van der Waals surface area contributed by atoms with Crippen LogP contribution in [0.3, 0.4) is 0 Å². The summed E-state index contributed by atoms with van der Waals surface area (Å²) in [6.45, 7) is 3.41. The minimum Gasteiger partial charge on any atom is -0.495 e. The Balaban J connectivity index is 1.62. The lowest BCUT2D eigenvalue weighted by atomic mass is 9.95. The van der Waals surface area contributed by atoms with Crippen LogP contribution in [0.15, 0.2) is 35.3 Å². The minimum atomic E-state index is -0.219. The number of H-pyrrole nitrogens is 1. The highest BCUT2D eigenvalue weighted by atomic mass is 16.5. The second-order valence-electron chi connectivity index (χ2n) is 6.26. The zero-order valence-corrected chi connectivity index (χ0v) is 14.4. The van der Waals surface area contributed by atoms with E-state index in [0.29, 0.717) is 24.5 Å². The fourth-order valence-corrected chi connectivity index (χ4v) is 3.09. The smallest absolute Gasteiger partial charge is 0.266 e. The van der Waals surface area contributed by atoms with Gasteiger partial charge in [-0.15, -0.1) is 0 Å². The molecule has 132 valence electrons. The van der Waals surface area contributed by atoms with Crippen LogP contribution in [0, 0.1) is 12.8 Å². The number of carbonyl (C=O) groups excluding carboxylic acids is 1. The van der Waals surface area contributed by atoms with E-state index in [-0.39, 0.29) is 17.4 Å². The lowest BCUT2D eigenvalue weighted by Crippen LogP contribution is -2.38. The molecule has 0 aliphatic carbocycles. The van der Waals surface area contributed by atoms with Crippen molar-refractivity contribution in [1.82, 2.24) is 10.2 Å². The van der Waals surface area contributed by atoms with Crippen molar-refractivity contribution in [2.45, 2.75) is 19.8 Å². The second kappa shape index (κ2) is 7.38. The zero-order valence-electron chi connectivity index (χ0n) is 14.4. The number of hydrogen-bond acceptors (Lipinski definition) is 5. The summed E-state index contributed by atoms with van der Waals surface area (Å²) < 4.78 is 5.31. The molecule has 0 unspecified atom stereocenters. The Hall–Kier alpha value is -2.83. The molecule has 0 radical (unpaired) electrons. The Bertz CT molecular complexity index is 810. The molecule has 1 saturated heterocycles. The summed E-state index contributed by atoms with van der Waals surface area (Å²) in [5.41, 5.74) is 2.34. The molecule has 25 heavy (non-hydrogen) atoms. The molecule has 2 aromatic rings. The Morgan fingerprint density at radius 3 is 2.76 bits per heavy atom. The van der Waals surface area contributed by atoms with Gasteiger partial charge < -0.3 is 15.0 Å². The van der Waals surface area contributed by atoms with Crippen molar-refractivity contribution in [2.75, 3.05) is 30.4 Å². The highest BCUT2D eigenvalue weighted by molar-refractivity contribution is 5.94. The number of carbonyl (C=O) groups is 1. The Morgan fingerprint density at radius 1 is 1.32 bits per heavy atom. The molecule has 2 heterocycles. The summed E-state index contributed by atoms with van der Waals surface area (Å²) in [6, 6.07) is 7.24. The maximum atomic E-state index is 12.6. The summed E-state index contributed by atoms with van der Waals surface area (Å²) in [5.74, 6) is 0.606. The second-order valence-corrected chi connectivity index (χ2v) is 6.26. The van der Waals surface area contributed by atoms with Crippen LogP contribution >= 0.6 is 0 Å². The van der Waals surface area contributed by atoms with Gasteiger partial charge in [-0.1, -0.05) is 6.07 Å². The molecule has 0 bridgehead atoms. The van der Waals surface area contributed by atoms with Gasteiger partial charge in [0.2, 0.25) is 5.91 Å². The van der Waals surface area contributed by atoms with E-state index in [2.05, 4.69) is 20.4 Å². The van der Waals surface area contributed by atoms with Crippen LogP contribution in [-0.2, 0) is 4.79 Å². The Kier molecular flexibility index (Phi) is 5.02. The fraction of sp³-hybridized carbons (Fsp3) is 0.389. The third kappa shape index (κ3) is 3.99. The van der Waals surface area contributed by atoms with E-state index in [0.717, 1.165) is 24.1 Å². The number of aromatic amines is 1. The molecule has 7 nitrogen and oxygen atoms in total. The zero-order chi connectivity index (χ0) is 17.8. The first-order valence-corrected chi connectivity index (χ1v) is 8.32. The molecular weight excluding hydrogens is 320 g/mol. The van der Waals surface area contributed by atoms with Crippen molar-refractivity contribution < 1.29 is 9.53 Å². The van der Waals surface area contributed by atoms with Crippen LogP contribution in [0.5, 0.6) is 5.75 Å². The van der Waals surface area contributed by atoms with Crippen molar-refractivity contribution in [3.63, 3.8) is 0 Å². The van der Waals surface area contributed by atoms with Gasteiger partial charge in [0, 0.05) is 25.1 Å². The maximum Gasteiger partial charge on any atom is 0.266 e. The highest BCUT2D eigenvalue weighted by Gasteiger charge is 2.26. The molecule has 1 amide bonds. The number of nitrogens with zero attached hydrogens (tertiary/aromatic N) is 2. The SMILES string of the molecule is COc1ccc(C)cc1NC(=O)C1CCN(c2cn[nH]c(=O)c2)CC1. The number of piperidine rings is 1. The first-order chi connectivity index (χ1) is 12.1. The van der Waals surface area contributed by atoms with Gasteiger partial charge in [-0.25, -0.2) is 5.10 Å². The maximum absolute atomic E-state index is 12.6. The van der Waals surface area contributed by atoms with Gasteiger partial charge in [0.25, 0.3) is 5.56 Å². The van der Waals surface area contributed by atoms with Gasteiger partial charge in [0.05, 0.1) is 24.7 Å². The summed E-state index contributed by atoms with van der Waals surface area (Å²) in [7, 11) is 1.59. The van der Waals surface area contributed by atoms with Crippen molar-refractivity contribution in [2.24, 2.45) is 5.92 Å². The molecule has 7 heteroatoms. The quantitative estimate of drug-likeness (QED) is 0.887. The summed E-state index contributed by atoms with van der Waals surface area (Å²) >= 11 is 0. The van der Waals surface area contributed by atoms with Crippen LogP contribution < -0.4 is 20.5 Å². The molecular formula is C18H22N4O3. The normalized spacial score (nSPS) is 15.0. The van der Waals surface area contributed by atoms with Gasteiger partial charge in [-0.2, -0.15) is 5.10 Å². The largest absolute Gasteiger partial charge is 0.495 e. The third-order valence-corrected chi connectivity index (χ3v) is 4.49. The van der Waals surface area contributed by atoms with E-state index in [1.54, 1.807) is 13.3 Å². The topological polar surface area (TPSA) is 87.3 Å². The molecule has 0 atom stereocenters. The highest BCUT2D eigenvalue weighted by Crippen LogP contribution is 2.28. The van der Waals surface area contributed by atoms with E-state index in [4.69, 9.17) is 4.74 Å². The molecule has 0 spiro atoms. The Morgan fingerprint density at radius 2 is 2.08 bits per heavy atom. The van der Waals surface area contributed by atoms with Crippen LogP contribution in [0.2, 0.25) is 0 Å². The average Bonchev–Trinajstić information content (AvgIpc) is 2.62. The molecule has 1 fully saturated rings. The minimum absolute atomic E-state index is 0.00702. The number of hydrogen-bond donors (Lipinski definition) is 2. The lowest BCUT2D eigenvalue weighted by molar-refractivity contribution is -0.120. The van der Waals surface area contributed by atoms with Crippen molar-refractivity contribution in [3.05, 3.63) is 46.4 Å². The van der Waals surface area contributed by atoms with Gasteiger partial charge in [0.15, 0.2) is 0 Å². The third-order valence-electron chi connectivity index (χ3n) is 4.49. The standard InChI is InChI=1S/C18H22N4O3/c1-12-3-4-16(25-2)15(9-12)20-18(24)13-5-7-22(8-6-13)14-10-17(23)21-19-11-14/h3-4,9-11,13H,5-8H2,1-2H3,(H,20,24)(H,21,23). The fourth-order valence-electron chi connectivity index (χ4n) is 3.09. The van der Waals surface area contributed by atoms with E-state index < -0.39 is 0 Å². The molecule has 1 aliphatic heterocycles. The van der Waals surface area contributed by atoms with Crippen molar-refractivity contribution in [1.29, 1.82) is 0 Å².